The monoisotopic (exact) mass is 368 g/mol. The van der Waals surface area contributed by atoms with E-state index in [4.69, 9.17) is 5.14 Å². The van der Waals surface area contributed by atoms with Crippen molar-refractivity contribution in [2.45, 2.75) is 24.8 Å². The molecule has 0 amide bonds. The first kappa shape index (κ1) is 18.0. The van der Waals surface area contributed by atoms with Crippen LogP contribution in [-0.2, 0) is 10.0 Å². The van der Waals surface area contributed by atoms with Gasteiger partial charge in [-0.05, 0) is 43.2 Å². The molecule has 3 N–H and O–H groups in total. The molecule has 0 bridgehead atoms. The van der Waals surface area contributed by atoms with Gasteiger partial charge in [-0.25, -0.2) is 13.6 Å². The number of aromatic nitrogens is 2. The number of anilines is 1. The summed E-state index contributed by atoms with van der Waals surface area (Å²) in [6, 6.07) is 18.8. The fourth-order valence-electron chi connectivity index (χ4n) is 2.68. The minimum absolute atomic E-state index is 0.0877. The number of sulfonamides is 1. The van der Waals surface area contributed by atoms with Crippen LogP contribution >= 0.6 is 0 Å². The van der Waals surface area contributed by atoms with E-state index in [0.29, 0.717) is 22.6 Å². The molecule has 1 aromatic heterocycles. The molecule has 1 atom stereocenters. The third-order valence-electron chi connectivity index (χ3n) is 4.12. The predicted molar refractivity (Wildman–Crippen MR) is 102 cm³/mol. The molecule has 0 aliphatic carbocycles. The van der Waals surface area contributed by atoms with Crippen molar-refractivity contribution < 1.29 is 8.42 Å². The Kier molecular flexibility index (Phi) is 5.01. The Morgan fingerprint density at radius 1 is 1.00 bits per heavy atom. The number of hydrogen-bond donors (Lipinski definition) is 2. The summed E-state index contributed by atoms with van der Waals surface area (Å²) in [7, 11) is -3.78. The first-order valence-corrected chi connectivity index (χ1v) is 9.68. The third kappa shape index (κ3) is 4.07. The van der Waals surface area contributed by atoms with Gasteiger partial charge in [0.15, 0.2) is 0 Å². The van der Waals surface area contributed by atoms with Gasteiger partial charge in [-0.1, -0.05) is 42.5 Å². The van der Waals surface area contributed by atoms with E-state index in [0.717, 1.165) is 5.56 Å². The molecule has 6 nitrogen and oxygen atoms in total. The number of rotatable bonds is 5. The van der Waals surface area contributed by atoms with Crippen LogP contribution in [0.2, 0.25) is 0 Å². The van der Waals surface area contributed by atoms with Crippen LogP contribution in [0.3, 0.4) is 0 Å². The van der Waals surface area contributed by atoms with Gasteiger partial charge < -0.3 is 5.32 Å². The second-order valence-electron chi connectivity index (χ2n) is 6.11. The Morgan fingerprint density at radius 3 is 2.35 bits per heavy atom. The maximum Gasteiger partial charge on any atom is 0.238 e. The van der Waals surface area contributed by atoms with Gasteiger partial charge in [0.05, 0.1) is 10.6 Å². The van der Waals surface area contributed by atoms with Crippen molar-refractivity contribution in [3.63, 3.8) is 0 Å². The molecule has 0 saturated carbocycles. The molecule has 3 aromatic rings. The Morgan fingerprint density at radius 2 is 1.73 bits per heavy atom. The minimum atomic E-state index is -3.78. The lowest BCUT2D eigenvalue weighted by molar-refractivity contribution is 0.597. The minimum Gasteiger partial charge on any atom is -0.362 e. The molecule has 7 heteroatoms. The highest BCUT2D eigenvalue weighted by Gasteiger charge is 2.14. The molecule has 0 spiro atoms. The number of nitrogens with one attached hydrogen (secondary N) is 1. The van der Waals surface area contributed by atoms with Crippen molar-refractivity contribution in [2.75, 3.05) is 5.32 Å². The molecule has 0 aliphatic heterocycles. The molecule has 134 valence electrons. The molecule has 0 aliphatic rings. The number of nitrogens with zero attached hydrogens (tertiary/aromatic N) is 2. The average molecular weight is 368 g/mol. The van der Waals surface area contributed by atoms with Gasteiger partial charge in [0.2, 0.25) is 10.0 Å². The van der Waals surface area contributed by atoms with Crippen LogP contribution in [0.15, 0.2) is 65.6 Å². The van der Waals surface area contributed by atoms with Crippen molar-refractivity contribution in [2.24, 2.45) is 5.14 Å². The SMILES string of the molecule is Cc1ccc(-c2ccc(N[C@H](C)c3ccccc3)nn2)cc1S(N)(=O)=O. The number of benzene rings is 2. The summed E-state index contributed by atoms with van der Waals surface area (Å²) in [5.74, 6) is 0.642. The van der Waals surface area contributed by atoms with Gasteiger partial charge in [0, 0.05) is 11.6 Å². The zero-order chi connectivity index (χ0) is 18.7. The van der Waals surface area contributed by atoms with Gasteiger partial charge in [-0.3, -0.25) is 0 Å². The molecule has 0 radical (unpaired) electrons. The second kappa shape index (κ2) is 7.23. The Labute approximate surface area is 153 Å². The third-order valence-corrected chi connectivity index (χ3v) is 5.17. The molecule has 0 fully saturated rings. The van der Waals surface area contributed by atoms with E-state index in [1.54, 1.807) is 25.1 Å². The number of hydrogen-bond acceptors (Lipinski definition) is 5. The van der Waals surface area contributed by atoms with Gasteiger partial charge in [-0.2, -0.15) is 0 Å². The maximum atomic E-state index is 11.7. The van der Waals surface area contributed by atoms with Crippen LogP contribution in [0.1, 0.15) is 24.1 Å². The lowest BCUT2D eigenvalue weighted by Crippen LogP contribution is -2.13. The van der Waals surface area contributed by atoms with E-state index in [1.165, 1.54) is 6.07 Å². The fourth-order valence-corrected chi connectivity index (χ4v) is 3.48. The lowest BCUT2D eigenvalue weighted by atomic mass is 10.1. The zero-order valence-electron chi connectivity index (χ0n) is 14.5. The molecule has 2 aromatic carbocycles. The van der Waals surface area contributed by atoms with E-state index in [2.05, 4.69) is 15.5 Å². The smallest absolute Gasteiger partial charge is 0.238 e. The molecule has 0 saturated heterocycles. The molecule has 1 heterocycles. The van der Waals surface area contributed by atoms with Gasteiger partial charge in [-0.15, -0.1) is 10.2 Å². The van der Waals surface area contributed by atoms with Gasteiger partial charge in [0.25, 0.3) is 0 Å². The predicted octanol–water partition coefficient (Wildman–Crippen LogP) is 3.27. The highest BCUT2D eigenvalue weighted by atomic mass is 32.2. The molecule has 26 heavy (non-hydrogen) atoms. The normalized spacial score (nSPS) is 12.6. The lowest BCUT2D eigenvalue weighted by Gasteiger charge is -2.14. The summed E-state index contributed by atoms with van der Waals surface area (Å²) in [6.45, 7) is 3.75. The largest absolute Gasteiger partial charge is 0.362 e. The molecule has 0 unspecified atom stereocenters. The summed E-state index contributed by atoms with van der Waals surface area (Å²) < 4.78 is 23.4. The highest BCUT2D eigenvalue weighted by molar-refractivity contribution is 7.89. The van der Waals surface area contributed by atoms with Crippen molar-refractivity contribution in [1.82, 2.24) is 10.2 Å². The van der Waals surface area contributed by atoms with Crippen molar-refractivity contribution >= 4 is 15.8 Å². The summed E-state index contributed by atoms with van der Waals surface area (Å²) in [5, 5.41) is 17.0. The maximum absolute atomic E-state index is 11.7. The number of nitrogens with two attached hydrogens (primary N) is 1. The van der Waals surface area contributed by atoms with Gasteiger partial charge in [0.1, 0.15) is 5.82 Å². The van der Waals surface area contributed by atoms with Crippen LogP contribution < -0.4 is 10.5 Å². The average Bonchev–Trinajstić information content (AvgIpc) is 2.62. The van der Waals surface area contributed by atoms with E-state index in [9.17, 15) is 8.42 Å². The Hall–Kier alpha value is -2.77. The summed E-state index contributed by atoms with van der Waals surface area (Å²) in [6.07, 6.45) is 0. The van der Waals surface area contributed by atoms with E-state index in [-0.39, 0.29) is 10.9 Å². The quantitative estimate of drug-likeness (QED) is 0.720. The summed E-state index contributed by atoms with van der Waals surface area (Å²) in [4.78, 5) is 0.0942. The first-order valence-electron chi connectivity index (χ1n) is 8.13. The number of primary sulfonamides is 1. The van der Waals surface area contributed by atoms with E-state index < -0.39 is 10.0 Å². The topological polar surface area (TPSA) is 98.0 Å². The van der Waals surface area contributed by atoms with E-state index in [1.807, 2.05) is 43.3 Å². The van der Waals surface area contributed by atoms with Crippen molar-refractivity contribution in [1.29, 1.82) is 0 Å². The Balaban J connectivity index is 1.82. The molecule has 3 rings (SSSR count). The van der Waals surface area contributed by atoms with Crippen LogP contribution in [0.4, 0.5) is 5.82 Å². The number of aryl methyl sites for hydroxylation is 1. The Bertz CT molecular complexity index is 1000. The molecular formula is C19H20N4O2S. The second-order valence-corrected chi connectivity index (χ2v) is 7.64. The van der Waals surface area contributed by atoms with Gasteiger partial charge >= 0.3 is 0 Å². The fraction of sp³-hybridized carbons (Fsp3) is 0.158. The van der Waals surface area contributed by atoms with Crippen LogP contribution in [0, 0.1) is 6.92 Å². The van der Waals surface area contributed by atoms with Crippen molar-refractivity contribution in [3.8, 4) is 11.3 Å². The van der Waals surface area contributed by atoms with Crippen LogP contribution in [0.25, 0.3) is 11.3 Å². The van der Waals surface area contributed by atoms with Crippen LogP contribution in [0.5, 0.6) is 0 Å². The van der Waals surface area contributed by atoms with E-state index >= 15 is 0 Å². The molecular weight excluding hydrogens is 348 g/mol. The van der Waals surface area contributed by atoms with Crippen LogP contribution in [-0.4, -0.2) is 18.6 Å². The summed E-state index contributed by atoms with van der Waals surface area (Å²) in [5.41, 5.74) is 2.97. The van der Waals surface area contributed by atoms with Crippen molar-refractivity contribution in [3.05, 3.63) is 71.8 Å². The zero-order valence-corrected chi connectivity index (χ0v) is 15.4. The first-order chi connectivity index (χ1) is 12.3. The standard InChI is InChI=1S/C19H20N4O2S/c1-13-8-9-16(12-18(13)26(20,24)25)17-10-11-19(23-22-17)21-14(2)15-6-4-3-5-7-15/h3-12,14H,1-2H3,(H,21,23)(H2,20,24,25)/t14-/m1/s1. The highest BCUT2D eigenvalue weighted by Crippen LogP contribution is 2.24. The summed E-state index contributed by atoms with van der Waals surface area (Å²) >= 11 is 0.